The maximum absolute atomic E-state index is 12.8. The van der Waals surface area contributed by atoms with Crippen LogP contribution in [0, 0.1) is 11.8 Å². The van der Waals surface area contributed by atoms with Gasteiger partial charge in [-0.15, -0.1) is 0 Å². The van der Waals surface area contributed by atoms with Gasteiger partial charge in [0.05, 0.1) is 25.8 Å². The van der Waals surface area contributed by atoms with Crippen LogP contribution in [-0.2, 0) is 9.53 Å². The second-order valence-electron chi connectivity index (χ2n) is 6.49. The van der Waals surface area contributed by atoms with E-state index in [2.05, 4.69) is 5.10 Å². The molecule has 0 bridgehead atoms. The number of nitrogens with zero attached hydrogens (tertiary/aromatic N) is 3. The van der Waals surface area contributed by atoms with Gasteiger partial charge >= 0.3 is 5.97 Å². The highest BCUT2D eigenvalue weighted by atomic mass is 16.5. The molecule has 138 valence electrons. The Kier molecular flexibility index (Phi) is 5.25. The van der Waals surface area contributed by atoms with Crippen molar-refractivity contribution in [2.75, 3.05) is 27.3 Å². The van der Waals surface area contributed by atoms with E-state index >= 15 is 0 Å². The van der Waals surface area contributed by atoms with Gasteiger partial charge in [-0.25, -0.2) is 4.68 Å². The molecular weight excluding hydrogens is 334 g/mol. The summed E-state index contributed by atoms with van der Waals surface area (Å²) in [5.41, 5.74) is 1.24. The number of hydrogen-bond donors (Lipinski definition) is 0. The molecule has 1 aromatic heterocycles. The molecule has 2 atom stereocenters. The Morgan fingerprint density at radius 2 is 1.88 bits per heavy atom. The van der Waals surface area contributed by atoms with Crippen LogP contribution in [0.5, 0.6) is 5.75 Å². The lowest BCUT2D eigenvalue weighted by Crippen LogP contribution is -2.45. The average molecular weight is 357 g/mol. The van der Waals surface area contributed by atoms with Crippen LogP contribution in [0.15, 0.2) is 36.5 Å². The Hall–Kier alpha value is -2.83. The second-order valence-corrected chi connectivity index (χ2v) is 6.49. The van der Waals surface area contributed by atoms with Crippen LogP contribution in [-0.4, -0.2) is 53.9 Å². The van der Waals surface area contributed by atoms with E-state index in [0.717, 1.165) is 11.4 Å². The lowest BCUT2D eigenvalue weighted by molar-refractivity contribution is -0.148. The van der Waals surface area contributed by atoms with Crippen LogP contribution in [0.3, 0.4) is 0 Å². The minimum Gasteiger partial charge on any atom is -0.497 e. The summed E-state index contributed by atoms with van der Waals surface area (Å²) in [5, 5.41) is 4.40. The molecule has 1 amide bonds. The van der Waals surface area contributed by atoms with Gasteiger partial charge in [0, 0.05) is 19.3 Å². The first-order valence-electron chi connectivity index (χ1n) is 8.60. The SMILES string of the molecule is COC(=O)[C@@H]1CCN(C(=O)c2ccn(-c3ccc(OC)cc3)n2)C[C@@H]1C. The number of hydrogen-bond acceptors (Lipinski definition) is 5. The van der Waals surface area contributed by atoms with Gasteiger partial charge in [0.25, 0.3) is 5.91 Å². The number of rotatable bonds is 4. The van der Waals surface area contributed by atoms with E-state index in [1.165, 1.54) is 7.11 Å². The van der Waals surface area contributed by atoms with Crippen molar-refractivity contribution in [1.29, 1.82) is 0 Å². The molecule has 7 nitrogen and oxygen atoms in total. The molecule has 1 aromatic carbocycles. The number of esters is 1. The number of amides is 1. The fourth-order valence-electron chi connectivity index (χ4n) is 3.31. The van der Waals surface area contributed by atoms with Crippen molar-refractivity contribution in [2.24, 2.45) is 11.8 Å². The number of likely N-dealkylation sites (tertiary alicyclic amines) is 1. The van der Waals surface area contributed by atoms with Crippen LogP contribution in [0.1, 0.15) is 23.8 Å². The molecule has 7 heteroatoms. The number of aromatic nitrogens is 2. The van der Waals surface area contributed by atoms with E-state index in [1.54, 1.807) is 29.0 Å². The highest BCUT2D eigenvalue weighted by Gasteiger charge is 2.34. The van der Waals surface area contributed by atoms with Crippen molar-refractivity contribution in [1.82, 2.24) is 14.7 Å². The summed E-state index contributed by atoms with van der Waals surface area (Å²) >= 11 is 0. The summed E-state index contributed by atoms with van der Waals surface area (Å²) in [6.45, 7) is 3.02. The van der Waals surface area contributed by atoms with Crippen molar-refractivity contribution in [2.45, 2.75) is 13.3 Å². The molecule has 1 fully saturated rings. The number of ether oxygens (including phenoxy) is 2. The molecule has 1 aliphatic heterocycles. The van der Waals surface area contributed by atoms with Gasteiger partial charge in [-0.05, 0) is 42.7 Å². The van der Waals surface area contributed by atoms with Crippen LogP contribution >= 0.6 is 0 Å². The van der Waals surface area contributed by atoms with E-state index in [4.69, 9.17) is 9.47 Å². The van der Waals surface area contributed by atoms with Gasteiger partial charge in [-0.2, -0.15) is 5.10 Å². The summed E-state index contributed by atoms with van der Waals surface area (Å²) in [6.07, 6.45) is 2.37. The number of carbonyl (C=O) groups is 2. The molecule has 0 saturated carbocycles. The molecule has 0 aliphatic carbocycles. The third-order valence-corrected chi connectivity index (χ3v) is 4.84. The lowest BCUT2D eigenvalue weighted by Gasteiger charge is -2.35. The standard InChI is InChI=1S/C19H23N3O4/c1-13-12-21(10-8-16(13)19(24)26-3)18(23)17-9-11-22(20-17)14-4-6-15(25-2)7-5-14/h4-7,9,11,13,16H,8,10,12H2,1-3H3/t13-,16+/m0/s1. The van der Waals surface area contributed by atoms with Gasteiger partial charge < -0.3 is 14.4 Å². The Morgan fingerprint density at radius 1 is 1.15 bits per heavy atom. The first kappa shape index (κ1) is 18.0. The van der Waals surface area contributed by atoms with Crippen LogP contribution in [0.2, 0.25) is 0 Å². The number of benzene rings is 1. The molecule has 1 aliphatic rings. The van der Waals surface area contributed by atoms with Crippen molar-refractivity contribution in [3.8, 4) is 11.4 Å². The number of piperidine rings is 1. The normalized spacial score (nSPS) is 19.9. The minimum atomic E-state index is -0.201. The summed E-state index contributed by atoms with van der Waals surface area (Å²) in [5.74, 6) is 0.352. The fraction of sp³-hybridized carbons (Fsp3) is 0.421. The fourth-order valence-corrected chi connectivity index (χ4v) is 3.31. The van der Waals surface area contributed by atoms with Gasteiger partial charge in [0.1, 0.15) is 5.75 Å². The Bertz CT molecular complexity index is 784. The van der Waals surface area contributed by atoms with Gasteiger partial charge in [-0.3, -0.25) is 9.59 Å². The molecule has 0 spiro atoms. The van der Waals surface area contributed by atoms with E-state index in [9.17, 15) is 9.59 Å². The first-order chi connectivity index (χ1) is 12.5. The molecule has 1 saturated heterocycles. The molecule has 2 aromatic rings. The molecule has 0 unspecified atom stereocenters. The summed E-state index contributed by atoms with van der Waals surface area (Å²) in [6, 6.07) is 9.16. The van der Waals surface area contributed by atoms with Gasteiger partial charge in [-0.1, -0.05) is 6.92 Å². The molecule has 26 heavy (non-hydrogen) atoms. The average Bonchev–Trinajstić information content (AvgIpc) is 3.17. The third-order valence-electron chi connectivity index (χ3n) is 4.84. The van der Waals surface area contributed by atoms with Crippen LogP contribution in [0.25, 0.3) is 5.69 Å². The van der Waals surface area contributed by atoms with E-state index in [-0.39, 0.29) is 23.7 Å². The predicted octanol–water partition coefficient (Wildman–Crippen LogP) is 2.15. The zero-order valence-corrected chi connectivity index (χ0v) is 15.2. The van der Waals surface area contributed by atoms with E-state index < -0.39 is 0 Å². The van der Waals surface area contributed by atoms with E-state index in [0.29, 0.717) is 25.2 Å². The largest absolute Gasteiger partial charge is 0.497 e. The number of carbonyl (C=O) groups excluding carboxylic acids is 2. The zero-order chi connectivity index (χ0) is 18.7. The highest BCUT2D eigenvalue weighted by molar-refractivity contribution is 5.92. The smallest absolute Gasteiger partial charge is 0.309 e. The summed E-state index contributed by atoms with van der Waals surface area (Å²) < 4.78 is 11.7. The maximum atomic E-state index is 12.8. The Morgan fingerprint density at radius 3 is 2.50 bits per heavy atom. The highest BCUT2D eigenvalue weighted by Crippen LogP contribution is 2.25. The molecule has 3 rings (SSSR count). The second kappa shape index (κ2) is 7.59. The van der Waals surface area contributed by atoms with Crippen LogP contribution < -0.4 is 4.74 Å². The Labute approximate surface area is 152 Å². The first-order valence-corrected chi connectivity index (χ1v) is 8.60. The summed E-state index contributed by atoms with van der Waals surface area (Å²) in [4.78, 5) is 26.3. The van der Waals surface area contributed by atoms with Gasteiger partial charge in [0.15, 0.2) is 5.69 Å². The third kappa shape index (κ3) is 3.56. The maximum Gasteiger partial charge on any atom is 0.309 e. The minimum absolute atomic E-state index is 0.0591. The van der Waals surface area contributed by atoms with Crippen molar-refractivity contribution in [3.05, 3.63) is 42.2 Å². The van der Waals surface area contributed by atoms with E-state index in [1.807, 2.05) is 31.2 Å². The molecular formula is C19H23N3O4. The quantitative estimate of drug-likeness (QED) is 0.784. The zero-order valence-electron chi connectivity index (χ0n) is 15.2. The van der Waals surface area contributed by atoms with Crippen LogP contribution in [0.4, 0.5) is 0 Å². The summed E-state index contributed by atoms with van der Waals surface area (Å²) in [7, 11) is 3.02. The Balaban J connectivity index is 1.69. The lowest BCUT2D eigenvalue weighted by atomic mass is 9.87. The number of methoxy groups -OCH3 is 2. The molecule has 0 N–H and O–H groups in total. The predicted molar refractivity (Wildman–Crippen MR) is 95.3 cm³/mol. The monoisotopic (exact) mass is 357 g/mol. The topological polar surface area (TPSA) is 73.7 Å². The van der Waals surface area contributed by atoms with Crippen molar-refractivity contribution >= 4 is 11.9 Å². The van der Waals surface area contributed by atoms with Crippen molar-refractivity contribution < 1.29 is 19.1 Å². The van der Waals surface area contributed by atoms with Crippen molar-refractivity contribution in [3.63, 3.8) is 0 Å². The molecule has 2 heterocycles. The molecule has 0 radical (unpaired) electrons. The van der Waals surface area contributed by atoms with Gasteiger partial charge in [0.2, 0.25) is 0 Å².